The monoisotopic (exact) mass is 557 g/mol. The molecule has 2 fully saturated rings. The van der Waals surface area contributed by atoms with Gasteiger partial charge in [0.2, 0.25) is 0 Å². The predicted octanol–water partition coefficient (Wildman–Crippen LogP) is 3.35. The van der Waals surface area contributed by atoms with Gasteiger partial charge in [-0.2, -0.15) is 19.8 Å². The molecule has 0 aliphatic heterocycles. The van der Waals surface area contributed by atoms with Gasteiger partial charge in [0.1, 0.15) is 0 Å². The summed E-state index contributed by atoms with van der Waals surface area (Å²) in [6.45, 7) is 10.2. The fourth-order valence-electron chi connectivity index (χ4n) is 2.66. The summed E-state index contributed by atoms with van der Waals surface area (Å²) >= 11 is 2.33. The quantitative estimate of drug-likeness (QED) is 0.299. The van der Waals surface area contributed by atoms with E-state index in [1.165, 1.54) is 6.42 Å². The van der Waals surface area contributed by atoms with Crippen molar-refractivity contribution >= 4 is 22.9 Å². The van der Waals surface area contributed by atoms with Gasteiger partial charge in [-0.3, -0.25) is 6.42 Å². The van der Waals surface area contributed by atoms with Crippen LogP contribution in [0.3, 0.4) is 0 Å². The number of rotatable bonds is 4. The van der Waals surface area contributed by atoms with Crippen LogP contribution in [0, 0.1) is 55.0 Å². The van der Waals surface area contributed by atoms with Crippen LogP contribution >= 0.6 is 22.9 Å². The number of ether oxygens (including phenoxy) is 1. The number of halogens is 1. The van der Waals surface area contributed by atoms with Crippen molar-refractivity contribution in [2.75, 3.05) is 0 Å². The molecule has 0 radical (unpaired) electrons. The van der Waals surface area contributed by atoms with E-state index >= 15 is 0 Å². The second-order valence-corrected chi connectivity index (χ2v) is 6.09. The van der Waals surface area contributed by atoms with E-state index in [9.17, 15) is 0 Å². The topological polar surface area (TPSA) is 12.5 Å². The average molecular weight is 557 g/mol. The number of nitrogens with zero attached hydrogens (tertiary/aromatic N) is 1. The average Bonchev–Trinajstić information content (AvgIpc) is 2.68. The summed E-state index contributed by atoms with van der Waals surface area (Å²) in [7, 11) is 0. The molecule has 0 bridgehead atoms. The second kappa shape index (κ2) is 5.50. The fourth-order valence-corrected chi connectivity index (χ4v) is 3.62. The summed E-state index contributed by atoms with van der Waals surface area (Å²) in [6, 6.07) is 0.440. The van der Waals surface area contributed by atoms with Crippen LogP contribution in [-0.4, -0.2) is 15.3 Å². The third-order valence-electron chi connectivity index (χ3n) is 3.57. The van der Waals surface area contributed by atoms with Crippen LogP contribution in [-0.2, 0) is 4.74 Å². The Labute approximate surface area is 136 Å². The minimum atomic E-state index is 0. The largest absolute Gasteiger partial charge is 2.00 e. The van der Waals surface area contributed by atoms with Gasteiger partial charge in [0.15, 0.2) is 0 Å². The van der Waals surface area contributed by atoms with Crippen LogP contribution in [0.1, 0.15) is 27.2 Å². The molecule has 0 amide bonds. The number of hydrogen-bond acceptors (Lipinski definition) is 2. The third kappa shape index (κ3) is 2.65. The normalized spacial score (nSPS) is 40.2. The maximum absolute atomic E-state index is 5.88. The smallest absolute Gasteiger partial charge is 0.570 e. The van der Waals surface area contributed by atoms with E-state index in [-0.39, 0.29) is 37.2 Å². The molecule has 0 aromatic rings. The van der Waals surface area contributed by atoms with E-state index in [0.29, 0.717) is 11.5 Å². The summed E-state index contributed by atoms with van der Waals surface area (Å²) in [5.74, 6) is 0.740. The van der Waals surface area contributed by atoms with Crippen molar-refractivity contribution in [2.24, 2.45) is 11.3 Å². The van der Waals surface area contributed by atoms with E-state index in [1.807, 2.05) is 20.0 Å². The molecular formula is C12H18INOU. The Balaban J connectivity index is 0.00000128. The molecule has 0 aromatic heterocycles. The molecule has 16 heavy (non-hydrogen) atoms. The van der Waals surface area contributed by atoms with Crippen LogP contribution in [0.25, 0.3) is 0 Å². The molecule has 2 nitrogen and oxygen atoms in total. The van der Waals surface area contributed by atoms with Gasteiger partial charge in [0, 0.05) is 12.2 Å². The summed E-state index contributed by atoms with van der Waals surface area (Å²) in [5, 5.41) is 0. The zero-order valence-corrected chi connectivity index (χ0v) is 16.4. The van der Waals surface area contributed by atoms with E-state index in [1.54, 1.807) is 0 Å². The Bertz CT molecular complexity index is 272. The van der Waals surface area contributed by atoms with Gasteiger partial charge in [0.05, 0.1) is 22.9 Å². The Morgan fingerprint density at radius 3 is 2.75 bits per heavy atom. The summed E-state index contributed by atoms with van der Waals surface area (Å²) in [6.07, 6.45) is 6.83. The molecule has 0 spiro atoms. The van der Waals surface area contributed by atoms with Crippen molar-refractivity contribution in [3.8, 4) is 0 Å². The Hall–Kier alpha value is 1.28. The van der Waals surface area contributed by atoms with Crippen molar-refractivity contribution < 1.29 is 35.9 Å². The van der Waals surface area contributed by atoms with Crippen molar-refractivity contribution in [3.63, 3.8) is 0 Å². The molecule has 0 saturated heterocycles. The number of hydrogen-bond donors (Lipinski definition) is 0. The molecule has 2 aliphatic carbocycles. The Morgan fingerprint density at radius 1 is 1.62 bits per heavy atom. The van der Waals surface area contributed by atoms with Crippen LogP contribution in [0.2, 0.25) is 0 Å². The third-order valence-corrected chi connectivity index (χ3v) is 4.56. The van der Waals surface area contributed by atoms with Gasteiger partial charge in [-0.05, 0) is 5.41 Å². The molecule has 0 N–H and O–H groups in total. The first-order valence-electron chi connectivity index (χ1n) is 5.37. The Morgan fingerprint density at radius 2 is 2.25 bits per heavy atom. The maximum atomic E-state index is 5.88. The molecule has 2 rings (SSSR count). The summed E-state index contributed by atoms with van der Waals surface area (Å²) < 4.78 is 8.06. The minimum Gasteiger partial charge on any atom is -0.570 e. The summed E-state index contributed by atoms with van der Waals surface area (Å²) in [5.41, 5.74) is 0.412. The molecule has 0 heterocycles. The van der Waals surface area contributed by atoms with Crippen molar-refractivity contribution in [2.45, 2.75) is 39.3 Å². The molecule has 4 heteroatoms. The van der Waals surface area contributed by atoms with Gasteiger partial charge in [-0.25, -0.2) is 6.10 Å². The van der Waals surface area contributed by atoms with Crippen molar-refractivity contribution in [3.05, 3.63) is 25.3 Å². The first kappa shape index (κ1) is 15.3. The van der Waals surface area contributed by atoms with Gasteiger partial charge in [-0.1, -0.05) is 26.0 Å². The maximum Gasteiger partial charge on any atom is 2.00 e. The molecular weight excluding hydrogens is 539 g/mol. The predicted molar refractivity (Wildman–Crippen MR) is 69.8 cm³/mol. The molecule has 88 valence electrons. The molecule has 0 aromatic carbocycles. The first-order valence-corrected chi connectivity index (χ1v) is 6.34. The molecule has 2 saturated carbocycles. The van der Waals surface area contributed by atoms with E-state index < -0.39 is 0 Å². The van der Waals surface area contributed by atoms with Gasteiger partial charge in [0.25, 0.3) is 0 Å². The summed E-state index contributed by atoms with van der Waals surface area (Å²) in [4.78, 5) is 0. The van der Waals surface area contributed by atoms with Crippen molar-refractivity contribution in [1.82, 2.24) is 3.11 Å². The Kier molecular flexibility index (Phi) is 5.28. The molecule has 4 atom stereocenters. The van der Waals surface area contributed by atoms with E-state index in [4.69, 9.17) is 4.74 Å². The minimum absolute atomic E-state index is 0. The second-order valence-electron chi connectivity index (χ2n) is 4.97. The van der Waals surface area contributed by atoms with Crippen LogP contribution in [0.4, 0.5) is 0 Å². The molecule has 2 aliphatic rings. The first-order chi connectivity index (χ1) is 6.99. The standard InChI is InChI=1S/C12H18INO.U/c1-5-14(13)11-10(15-8(2)3)6-9-7-12(9,11)4;/h5-6,9-11H,1,7H2,2-4H3;/q-2;+2/t9-,10?,11?,12?;/m1./s1. The fraction of sp³-hybridized carbons (Fsp3) is 0.667. The van der Waals surface area contributed by atoms with Crippen molar-refractivity contribution in [1.29, 1.82) is 0 Å². The zero-order chi connectivity index (χ0) is 11.2. The van der Waals surface area contributed by atoms with E-state index in [2.05, 4.69) is 45.9 Å². The van der Waals surface area contributed by atoms with Crippen LogP contribution < -0.4 is 0 Å². The van der Waals surface area contributed by atoms with E-state index in [0.717, 1.165) is 12.0 Å². The van der Waals surface area contributed by atoms with Crippen LogP contribution in [0.15, 0.2) is 12.8 Å². The van der Waals surface area contributed by atoms with Crippen LogP contribution in [0.5, 0.6) is 0 Å². The van der Waals surface area contributed by atoms with Gasteiger partial charge < -0.3 is 7.85 Å². The van der Waals surface area contributed by atoms with Gasteiger partial charge in [-0.15, -0.1) is 0 Å². The molecule has 3 unspecified atom stereocenters. The van der Waals surface area contributed by atoms with Gasteiger partial charge >= 0.3 is 31.1 Å². The SMILES string of the molecule is C=CN(I)C1C(O[C-](C)C)[CH-][C@@H]2CC12C.[U+2]. The number of fused-ring (bicyclic) bond motifs is 1. The zero-order valence-electron chi connectivity index (χ0n) is 10.0.